The Morgan fingerprint density at radius 1 is 1.25 bits per heavy atom. The maximum absolute atomic E-state index is 11.8. The van der Waals surface area contributed by atoms with Gasteiger partial charge in [0.05, 0.1) is 0 Å². The SMILES string of the molecule is Cc1cccc(C(=O)NNC(=S)NC(=O)CC(C)C)c1. The second-order valence-corrected chi connectivity index (χ2v) is 5.33. The summed E-state index contributed by atoms with van der Waals surface area (Å²) in [5, 5.41) is 2.58. The van der Waals surface area contributed by atoms with Crippen LogP contribution < -0.4 is 16.2 Å². The molecule has 0 fully saturated rings. The molecule has 0 saturated carbocycles. The second kappa shape index (κ2) is 7.59. The molecule has 1 rings (SSSR count). The van der Waals surface area contributed by atoms with Crippen molar-refractivity contribution < 1.29 is 9.59 Å². The van der Waals surface area contributed by atoms with Gasteiger partial charge in [-0.05, 0) is 37.2 Å². The molecule has 3 N–H and O–H groups in total. The molecule has 0 aliphatic heterocycles. The summed E-state index contributed by atoms with van der Waals surface area (Å²) in [5.41, 5.74) is 6.46. The molecule has 5 nitrogen and oxygen atoms in total. The van der Waals surface area contributed by atoms with Crippen molar-refractivity contribution in [2.45, 2.75) is 27.2 Å². The Labute approximate surface area is 124 Å². The van der Waals surface area contributed by atoms with Gasteiger partial charge in [0, 0.05) is 12.0 Å². The van der Waals surface area contributed by atoms with Gasteiger partial charge in [-0.15, -0.1) is 0 Å². The molecule has 0 radical (unpaired) electrons. The quantitative estimate of drug-likeness (QED) is 0.586. The van der Waals surface area contributed by atoms with Crippen LogP contribution in [0.1, 0.15) is 36.2 Å². The van der Waals surface area contributed by atoms with E-state index in [1.54, 1.807) is 18.2 Å². The zero-order valence-corrected chi connectivity index (χ0v) is 12.6. The highest BCUT2D eigenvalue weighted by molar-refractivity contribution is 7.80. The number of hydrogen-bond donors (Lipinski definition) is 3. The molecular weight excluding hydrogens is 274 g/mol. The van der Waals surface area contributed by atoms with Crippen molar-refractivity contribution in [3.63, 3.8) is 0 Å². The third-order valence-electron chi connectivity index (χ3n) is 2.42. The predicted octanol–water partition coefficient (Wildman–Crippen LogP) is 1.68. The average Bonchev–Trinajstić information content (AvgIpc) is 2.34. The van der Waals surface area contributed by atoms with E-state index in [0.29, 0.717) is 12.0 Å². The van der Waals surface area contributed by atoms with E-state index in [2.05, 4.69) is 16.2 Å². The number of thiocarbonyl (C=S) groups is 1. The van der Waals surface area contributed by atoms with E-state index >= 15 is 0 Å². The number of carbonyl (C=O) groups excluding carboxylic acids is 2. The molecule has 0 bridgehead atoms. The van der Waals surface area contributed by atoms with Gasteiger partial charge in [0.15, 0.2) is 5.11 Å². The van der Waals surface area contributed by atoms with E-state index in [0.717, 1.165) is 5.56 Å². The summed E-state index contributed by atoms with van der Waals surface area (Å²) >= 11 is 4.92. The largest absolute Gasteiger partial charge is 0.302 e. The fourth-order valence-corrected chi connectivity index (χ4v) is 1.72. The first-order chi connectivity index (χ1) is 9.38. The van der Waals surface area contributed by atoms with Crippen molar-refractivity contribution in [1.29, 1.82) is 0 Å². The van der Waals surface area contributed by atoms with Crippen LogP contribution in [0.25, 0.3) is 0 Å². The number of benzene rings is 1. The minimum atomic E-state index is -0.311. The van der Waals surface area contributed by atoms with Crippen molar-refractivity contribution in [3.8, 4) is 0 Å². The molecule has 1 aromatic carbocycles. The van der Waals surface area contributed by atoms with Gasteiger partial charge in [0.25, 0.3) is 5.91 Å². The fourth-order valence-electron chi connectivity index (χ4n) is 1.55. The predicted molar refractivity (Wildman–Crippen MR) is 82.0 cm³/mol. The van der Waals surface area contributed by atoms with Gasteiger partial charge in [-0.1, -0.05) is 31.5 Å². The lowest BCUT2D eigenvalue weighted by atomic mass is 10.1. The zero-order valence-electron chi connectivity index (χ0n) is 11.8. The topological polar surface area (TPSA) is 70.2 Å². The molecule has 2 amide bonds. The van der Waals surface area contributed by atoms with Gasteiger partial charge < -0.3 is 5.32 Å². The van der Waals surface area contributed by atoms with E-state index in [9.17, 15) is 9.59 Å². The van der Waals surface area contributed by atoms with Crippen molar-refractivity contribution in [3.05, 3.63) is 35.4 Å². The number of amides is 2. The first-order valence-corrected chi connectivity index (χ1v) is 6.76. The first kappa shape index (κ1) is 16.1. The van der Waals surface area contributed by atoms with Crippen molar-refractivity contribution >= 4 is 29.1 Å². The Morgan fingerprint density at radius 3 is 2.55 bits per heavy atom. The third-order valence-corrected chi connectivity index (χ3v) is 2.62. The van der Waals surface area contributed by atoms with Gasteiger partial charge in [0.1, 0.15) is 0 Å². The van der Waals surface area contributed by atoms with E-state index in [1.165, 1.54) is 0 Å². The standard InChI is InChI=1S/C14H19N3O2S/c1-9(2)7-12(18)15-14(20)17-16-13(19)11-6-4-5-10(3)8-11/h4-6,8-9H,7H2,1-3H3,(H,16,19)(H2,15,17,18,20). The summed E-state index contributed by atoms with van der Waals surface area (Å²) in [6.45, 7) is 5.78. The molecule has 0 aromatic heterocycles. The number of rotatable bonds is 3. The van der Waals surface area contributed by atoms with Crippen LogP contribution in [-0.4, -0.2) is 16.9 Å². The number of carbonyl (C=O) groups is 2. The number of aryl methyl sites for hydroxylation is 1. The molecule has 0 aliphatic rings. The average molecular weight is 293 g/mol. The lowest BCUT2D eigenvalue weighted by Gasteiger charge is -2.11. The lowest BCUT2D eigenvalue weighted by molar-refractivity contribution is -0.120. The van der Waals surface area contributed by atoms with Gasteiger partial charge in [-0.3, -0.25) is 20.4 Å². The lowest BCUT2D eigenvalue weighted by Crippen LogP contribution is -2.48. The van der Waals surface area contributed by atoms with Crippen molar-refractivity contribution in [1.82, 2.24) is 16.2 Å². The molecule has 0 aliphatic carbocycles. The molecule has 0 saturated heterocycles. The number of nitrogens with one attached hydrogen (secondary N) is 3. The highest BCUT2D eigenvalue weighted by Crippen LogP contribution is 2.03. The van der Waals surface area contributed by atoms with E-state index < -0.39 is 0 Å². The van der Waals surface area contributed by atoms with Crippen LogP contribution in [0.15, 0.2) is 24.3 Å². The maximum atomic E-state index is 11.8. The Hall–Kier alpha value is -1.95. The van der Waals surface area contributed by atoms with Gasteiger partial charge in [-0.25, -0.2) is 0 Å². The number of hydrazine groups is 1. The van der Waals surface area contributed by atoms with Crippen molar-refractivity contribution in [2.75, 3.05) is 0 Å². The molecule has 0 atom stereocenters. The number of hydrogen-bond acceptors (Lipinski definition) is 3. The van der Waals surface area contributed by atoms with Crippen LogP contribution in [0.3, 0.4) is 0 Å². The monoisotopic (exact) mass is 293 g/mol. The summed E-state index contributed by atoms with van der Waals surface area (Å²) in [5.74, 6) is -0.240. The smallest absolute Gasteiger partial charge is 0.269 e. The molecule has 0 heterocycles. The Morgan fingerprint density at radius 2 is 1.95 bits per heavy atom. The normalized spacial score (nSPS) is 10.0. The van der Waals surface area contributed by atoms with Gasteiger partial charge >= 0.3 is 0 Å². The maximum Gasteiger partial charge on any atom is 0.269 e. The molecule has 0 unspecified atom stereocenters. The summed E-state index contributed by atoms with van der Waals surface area (Å²) in [4.78, 5) is 23.3. The van der Waals surface area contributed by atoms with Crippen LogP contribution in [0.5, 0.6) is 0 Å². The summed E-state index contributed by atoms with van der Waals surface area (Å²) in [6.07, 6.45) is 0.383. The fraction of sp³-hybridized carbons (Fsp3) is 0.357. The Kier molecular flexibility index (Phi) is 6.11. The van der Waals surface area contributed by atoms with Crippen LogP contribution in [0.4, 0.5) is 0 Å². The third kappa shape index (κ3) is 5.79. The molecule has 20 heavy (non-hydrogen) atoms. The van der Waals surface area contributed by atoms with Gasteiger partial charge in [-0.2, -0.15) is 0 Å². The van der Waals surface area contributed by atoms with E-state index in [-0.39, 0.29) is 22.8 Å². The van der Waals surface area contributed by atoms with Gasteiger partial charge in [0.2, 0.25) is 5.91 Å². The Bertz CT molecular complexity index is 515. The summed E-state index contributed by atoms with van der Waals surface area (Å²) in [7, 11) is 0. The van der Waals surface area contributed by atoms with E-state index in [4.69, 9.17) is 12.2 Å². The molecule has 1 aromatic rings. The highest BCUT2D eigenvalue weighted by atomic mass is 32.1. The first-order valence-electron chi connectivity index (χ1n) is 6.35. The molecule has 0 spiro atoms. The Balaban J connectivity index is 2.41. The molecule has 108 valence electrons. The molecular formula is C14H19N3O2S. The zero-order chi connectivity index (χ0) is 15.1. The van der Waals surface area contributed by atoms with Crippen LogP contribution >= 0.6 is 12.2 Å². The van der Waals surface area contributed by atoms with E-state index in [1.807, 2.05) is 26.8 Å². The van der Waals surface area contributed by atoms with Crippen LogP contribution in [0.2, 0.25) is 0 Å². The minimum Gasteiger partial charge on any atom is -0.302 e. The van der Waals surface area contributed by atoms with Crippen molar-refractivity contribution in [2.24, 2.45) is 5.92 Å². The van der Waals surface area contributed by atoms with Crippen LogP contribution in [0, 0.1) is 12.8 Å². The minimum absolute atomic E-state index is 0.0802. The second-order valence-electron chi connectivity index (χ2n) is 4.92. The molecule has 6 heteroatoms. The summed E-state index contributed by atoms with van der Waals surface area (Å²) in [6, 6.07) is 7.16. The summed E-state index contributed by atoms with van der Waals surface area (Å²) < 4.78 is 0. The highest BCUT2D eigenvalue weighted by Gasteiger charge is 2.08. The van der Waals surface area contributed by atoms with Crippen LogP contribution in [-0.2, 0) is 4.79 Å².